The molecule has 0 atom stereocenters. The van der Waals surface area contributed by atoms with Crippen molar-refractivity contribution in [2.75, 3.05) is 13.1 Å². The Morgan fingerprint density at radius 1 is 1.39 bits per heavy atom. The first-order chi connectivity index (χ1) is 8.37. The SMILES string of the molecule is Cc1cnn(CCNC(=O)CCNC(C)(C)C)c1. The van der Waals surface area contributed by atoms with Gasteiger partial charge in [0.15, 0.2) is 0 Å². The highest BCUT2D eigenvalue weighted by molar-refractivity contribution is 5.75. The molecule has 5 nitrogen and oxygen atoms in total. The third kappa shape index (κ3) is 6.39. The first-order valence-electron chi connectivity index (χ1n) is 6.37. The number of nitrogens with zero attached hydrogens (tertiary/aromatic N) is 2. The van der Waals surface area contributed by atoms with Crippen molar-refractivity contribution in [3.8, 4) is 0 Å². The van der Waals surface area contributed by atoms with Crippen molar-refractivity contribution in [3.63, 3.8) is 0 Å². The van der Waals surface area contributed by atoms with E-state index in [-0.39, 0.29) is 11.4 Å². The van der Waals surface area contributed by atoms with E-state index in [0.717, 1.165) is 5.56 Å². The minimum absolute atomic E-state index is 0.0624. The normalized spacial score (nSPS) is 11.6. The Morgan fingerprint density at radius 3 is 2.67 bits per heavy atom. The van der Waals surface area contributed by atoms with E-state index in [1.54, 1.807) is 0 Å². The molecule has 0 aliphatic heterocycles. The first-order valence-corrected chi connectivity index (χ1v) is 6.37. The van der Waals surface area contributed by atoms with Crippen LogP contribution in [0.5, 0.6) is 0 Å². The second-order valence-electron chi connectivity index (χ2n) is 5.56. The maximum absolute atomic E-state index is 11.5. The molecule has 0 radical (unpaired) electrons. The zero-order valence-electron chi connectivity index (χ0n) is 11.8. The molecule has 1 rings (SSSR count). The van der Waals surface area contributed by atoms with E-state index in [1.807, 2.05) is 24.0 Å². The molecule has 1 heterocycles. The van der Waals surface area contributed by atoms with Crippen LogP contribution in [0.3, 0.4) is 0 Å². The van der Waals surface area contributed by atoms with Gasteiger partial charge in [0.25, 0.3) is 0 Å². The summed E-state index contributed by atoms with van der Waals surface area (Å²) in [5.74, 6) is 0.0793. The predicted octanol–water partition coefficient (Wildman–Crippen LogP) is 1.09. The molecule has 0 bridgehead atoms. The fraction of sp³-hybridized carbons (Fsp3) is 0.692. The summed E-state index contributed by atoms with van der Waals surface area (Å²) < 4.78 is 1.84. The van der Waals surface area contributed by atoms with Crippen molar-refractivity contribution in [2.45, 2.75) is 46.2 Å². The first kappa shape index (κ1) is 14.7. The summed E-state index contributed by atoms with van der Waals surface area (Å²) in [7, 11) is 0. The highest BCUT2D eigenvalue weighted by atomic mass is 16.1. The third-order valence-electron chi connectivity index (χ3n) is 2.43. The highest BCUT2D eigenvalue weighted by Gasteiger charge is 2.09. The van der Waals surface area contributed by atoms with Crippen LogP contribution in [-0.4, -0.2) is 34.3 Å². The molecule has 0 aliphatic rings. The van der Waals surface area contributed by atoms with Crippen molar-refractivity contribution in [2.24, 2.45) is 0 Å². The summed E-state index contributed by atoms with van der Waals surface area (Å²) in [4.78, 5) is 11.5. The molecule has 0 fully saturated rings. The number of hydrogen-bond donors (Lipinski definition) is 2. The Bertz CT molecular complexity index is 379. The Labute approximate surface area is 109 Å². The predicted molar refractivity (Wildman–Crippen MR) is 72.3 cm³/mol. The van der Waals surface area contributed by atoms with Crippen LogP contribution in [0.4, 0.5) is 0 Å². The minimum atomic E-state index is 0.0624. The standard InChI is InChI=1S/C13H24N4O/c1-11-9-16-17(10-11)8-7-14-12(18)5-6-15-13(2,3)4/h9-10,15H,5-8H2,1-4H3,(H,14,18). The molecule has 18 heavy (non-hydrogen) atoms. The second kappa shape index (κ2) is 6.54. The van der Waals surface area contributed by atoms with Crippen LogP contribution in [-0.2, 0) is 11.3 Å². The number of amides is 1. The van der Waals surface area contributed by atoms with E-state index in [9.17, 15) is 4.79 Å². The van der Waals surface area contributed by atoms with Gasteiger partial charge >= 0.3 is 0 Å². The van der Waals surface area contributed by atoms with Crippen LogP contribution in [0, 0.1) is 6.92 Å². The Morgan fingerprint density at radius 2 is 2.11 bits per heavy atom. The summed E-state index contributed by atoms with van der Waals surface area (Å²) in [5.41, 5.74) is 1.20. The Balaban J connectivity index is 2.10. The van der Waals surface area contributed by atoms with Crippen LogP contribution >= 0.6 is 0 Å². The molecule has 2 N–H and O–H groups in total. The highest BCUT2D eigenvalue weighted by Crippen LogP contribution is 1.97. The average Bonchev–Trinajstić information content (AvgIpc) is 2.62. The number of aromatic nitrogens is 2. The number of hydrogen-bond acceptors (Lipinski definition) is 3. The fourth-order valence-electron chi connectivity index (χ4n) is 1.54. The van der Waals surface area contributed by atoms with Gasteiger partial charge in [0.05, 0.1) is 12.7 Å². The smallest absolute Gasteiger partial charge is 0.221 e. The summed E-state index contributed by atoms with van der Waals surface area (Å²) in [6, 6.07) is 0. The van der Waals surface area contributed by atoms with Gasteiger partial charge in [0.1, 0.15) is 0 Å². The number of carbonyl (C=O) groups excluding carboxylic acids is 1. The molecule has 1 aromatic rings. The van der Waals surface area contributed by atoms with Crippen molar-refractivity contribution in [1.82, 2.24) is 20.4 Å². The van der Waals surface area contributed by atoms with Gasteiger partial charge in [-0.2, -0.15) is 5.10 Å². The minimum Gasteiger partial charge on any atom is -0.354 e. The number of rotatable bonds is 6. The zero-order chi connectivity index (χ0) is 13.6. The molecular formula is C13H24N4O. The van der Waals surface area contributed by atoms with Gasteiger partial charge in [-0.15, -0.1) is 0 Å². The molecule has 1 aromatic heterocycles. The lowest BCUT2D eigenvalue weighted by Gasteiger charge is -2.20. The van der Waals surface area contributed by atoms with E-state index in [1.165, 1.54) is 0 Å². The lowest BCUT2D eigenvalue weighted by molar-refractivity contribution is -0.121. The monoisotopic (exact) mass is 252 g/mol. The van der Waals surface area contributed by atoms with Crippen molar-refractivity contribution < 1.29 is 4.79 Å². The maximum Gasteiger partial charge on any atom is 0.221 e. The second-order valence-corrected chi connectivity index (χ2v) is 5.56. The van der Waals surface area contributed by atoms with Gasteiger partial charge in [-0.25, -0.2) is 0 Å². The van der Waals surface area contributed by atoms with E-state index in [0.29, 0.717) is 26.1 Å². The molecule has 5 heteroatoms. The third-order valence-corrected chi connectivity index (χ3v) is 2.43. The summed E-state index contributed by atoms with van der Waals surface area (Å²) >= 11 is 0. The van der Waals surface area contributed by atoms with Crippen molar-refractivity contribution >= 4 is 5.91 Å². The van der Waals surface area contributed by atoms with Crippen molar-refractivity contribution in [1.29, 1.82) is 0 Å². The molecule has 0 spiro atoms. The van der Waals surface area contributed by atoms with Gasteiger partial charge in [-0.1, -0.05) is 0 Å². The van der Waals surface area contributed by atoms with Gasteiger partial charge in [-0.3, -0.25) is 9.48 Å². The van der Waals surface area contributed by atoms with Gasteiger partial charge in [-0.05, 0) is 33.3 Å². The van der Waals surface area contributed by atoms with Gasteiger partial charge < -0.3 is 10.6 Å². The molecule has 0 saturated carbocycles. The molecule has 1 amide bonds. The van der Waals surface area contributed by atoms with Crippen molar-refractivity contribution in [3.05, 3.63) is 18.0 Å². The van der Waals surface area contributed by atoms with Crippen LogP contribution < -0.4 is 10.6 Å². The average molecular weight is 252 g/mol. The topological polar surface area (TPSA) is 59.0 Å². The van der Waals surface area contributed by atoms with E-state index >= 15 is 0 Å². The van der Waals surface area contributed by atoms with Crippen LogP contribution in [0.25, 0.3) is 0 Å². The summed E-state index contributed by atoms with van der Waals surface area (Å²) in [6.07, 6.45) is 4.29. The number of carbonyl (C=O) groups is 1. The Hall–Kier alpha value is -1.36. The van der Waals surface area contributed by atoms with E-state index in [2.05, 4.69) is 36.5 Å². The number of nitrogens with one attached hydrogen (secondary N) is 2. The lowest BCUT2D eigenvalue weighted by Crippen LogP contribution is -2.38. The van der Waals surface area contributed by atoms with E-state index in [4.69, 9.17) is 0 Å². The van der Waals surface area contributed by atoms with Crippen LogP contribution in [0.15, 0.2) is 12.4 Å². The molecular weight excluding hydrogens is 228 g/mol. The van der Waals surface area contributed by atoms with Gasteiger partial charge in [0, 0.05) is 31.2 Å². The maximum atomic E-state index is 11.5. The lowest BCUT2D eigenvalue weighted by atomic mass is 10.1. The number of aryl methyl sites for hydroxylation is 1. The van der Waals surface area contributed by atoms with E-state index < -0.39 is 0 Å². The summed E-state index contributed by atoms with van der Waals surface area (Å²) in [6.45, 7) is 10.3. The molecule has 0 aromatic carbocycles. The molecule has 102 valence electrons. The molecule has 0 unspecified atom stereocenters. The zero-order valence-corrected chi connectivity index (χ0v) is 11.8. The van der Waals surface area contributed by atoms with Crippen LogP contribution in [0.2, 0.25) is 0 Å². The molecule has 0 aliphatic carbocycles. The Kier molecular flexibility index (Phi) is 5.34. The van der Waals surface area contributed by atoms with Crippen LogP contribution in [0.1, 0.15) is 32.8 Å². The quantitative estimate of drug-likeness (QED) is 0.796. The summed E-state index contributed by atoms with van der Waals surface area (Å²) in [5, 5.41) is 10.3. The van der Waals surface area contributed by atoms with Gasteiger partial charge in [0.2, 0.25) is 5.91 Å². The largest absolute Gasteiger partial charge is 0.354 e. The fourth-order valence-corrected chi connectivity index (χ4v) is 1.54. The molecule has 0 saturated heterocycles.